The standard InChI is InChI=1S/C24H18F2N4O2S/c1-29(2)23(32)20-19(14-8-4-6-10-17(14)26)15(12-27)21(28)30-22(31)18(33-24(20)30)11-13-7-3-5-9-16(13)25/h3-11,19H,28H2,1-2H3/b18-11+. The molecule has 6 nitrogen and oxygen atoms in total. The van der Waals surface area contributed by atoms with Crippen LogP contribution in [-0.4, -0.2) is 29.5 Å². The smallest absolute Gasteiger partial charge is 0.274 e. The summed E-state index contributed by atoms with van der Waals surface area (Å²) in [6.45, 7) is 0. The summed E-state index contributed by atoms with van der Waals surface area (Å²) in [5.41, 5.74) is 5.84. The van der Waals surface area contributed by atoms with Gasteiger partial charge in [-0.25, -0.2) is 8.78 Å². The molecular formula is C24H18F2N4O2S. The summed E-state index contributed by atoms with van der Waals surface area (Å²) < 4.78 is 30.4. The van der Waals surface area contributed by atoms with E-state index in [1.165, 1.54) is 61.5 Å². The molecule has 1 unspecified atom stereocenters. The number of nitrogens with zero attached hydrogens (tertiary/aromatic N) is 3. The van der Waals surface area contributed by atoms with Gasteiger partial charge in [-0.3, -0.25) is 14.2 Å². The van der Waals surface area contributed by atoms with E-state index in [9.17, 15) is 23.6 Å². The van der Waals surface area contributed by atoms with Crippen molar-refractivity contribution in [2.45, 2.75) is 5.92 Å². The first kappa shape index (κ1) is 22.2. The van der Waals surface area contributed by atoms with Crippen molar-refractivity contribution in [2.75, 3.05) is 14.1 Å². The van der Waals surface area contributed by atoms with Gasteiger partial charge in [0.05, 0.1) is 27.7 Å². The molecule has 33 heavy (non-hydrogen) atoms. The van der Waals surface area contributed by atoms with E-state index in [-0.39, 0.29) is 37.3 Å². The fraction of sp³-hybridized carbons (Fsp3) is 0.125. The molecule has 1 atom stereocenters. The van der Waals surface area contributed by atoms with Crippen LogP contribution < -0.4 is 20.5 Å². The molecule has 1 aliphatic rings. The molecule has 0 aliphatic carbocycles. The number of hydrogen-bond acceptors (Lipinski definition) is 5. The SMILES string of the molecule is CN(C)C(=O)C1=c2s/c(=C/c3ccccc3F)c(=O)n2C(N)=C(C#N)C1c1ccccc1F. The van der Waals surface area contributed by atoms with Crippen molar-refractivity contribution in [3.8, 4) is 6.07 Å². The molecule has 3 aromatic rings. The van der Waals surface area contributed by atoms with Crippen molar-refractivity contribution < 1.29 is 13.6 Å². The molecule has 0 radical (unpaired) electrons. The van der Waals surface area contributed by atoms with Crippen LogP contribution in [0.15, 0.2) is 58.9 Å². The monoisotopic (exact) mass is 464 g/mol. The van der Waals surface area contributed by atoms with E-state index >= 15 is 0 Å². The molecule has 0 saturated heterocycles. The summed E-state index contributed by atoms with van der Waals surface area (Å²) in [7, 11) is 3.04. The predicted octanol–water partition coefficient (Wildman–Crippen LogP) is 1.70. The maximum Gasteiger partial charge on any atom is 0.274 e. The Labute approximate surface area is 191 Å². The summed E-state index contributed by atoms with van der Waals surface area (Å²) in [6.07, 6.45) is 1.36. The van der Waals surface area contributed by atoms with E-state index in [0.29, 0.717) is 0 Å². The lowest BCUT2D eigenvalue weighted by molar-refractivity contribution is -0.123. The van der Waals surface area contributed by atoms with Crippen LogP contribution >= 0.6 is 11.3 Å². The number of benzene rings is 2. The average Bonchev–Trinajstić information content (AvgIpc) is 3.11. The Morgan fingerprint density at radius 1 is 1.15 bits per heavy atom. The van der Waals surface area contributed by atoms with Gasteiger partial charge in [0.15, 0.2) is 0 Å². The number of thiazole rings is 1. The first-order valence-electron chi connectivity index (χ1n) is 9.84. The van der Waals surface area contributed by atoms with Crippen molar-refractivity contribution in [2.24, 2.45) is 5.73 Å². The summed E-state index contributed by atoms with van der Waals surface area (Å²) in [6, 6.07) is 13.7. The number of halogens is 2. The van der Waals surface area contributed by atoms with Gasteiger partial charge in [-0.2, -0.15) is 5.26 Å². The van der Waals surface area contributed by atoms with Crippen molar-refractivity contribution in [1.82, 2.24) is 9.47 Å². The van der Waals surface area contributed by atoms with E-state index in [1.54, 1.807) is 12.1 Å². The maximum absolute atomic E-state index is 14.8. The third kappa shape index (κ3) is 3.64. The lowest BCUT2D eigenvalue weighted by atomic mass is 9.83. The zero-order valence-corrected chi connectivity index (χ0v) is 18.5. The molecule has 4 rings (SSSR count). The first-order chi connectivity index (χ1) is 15.8. The minimum atomic E-state index is -1.11. The number of aromatic nitrogens is 1. The Balaban J connectivity index is 2.16. The molecule has 1 amide bonds. The van der Waals surface area contributed by atoms with Gasteiger partial charge in [-0.1, -0.05) is 36.4 Å². The second kappa shape index (κ2) is 8.48. The van der Waals surface area contributed by atoms with Crippen molar-refractivity contribution in [3.63, 3.8) is 0 Å². The van der Waals surface area contributed by atoms with Crippen molar-refractivity contribution in [3.05, 3.63) is 96.4 Å². The first-order valence-corrected chi connectivity index (χ1v) is 10.7. The molecule has 2 N–H and O–H groups in total. The van der Waals surface area contributed by atoms with E-state index in [2.05, 4.69) is 0 Å². The van der Waals surface area contributed by atoms with Gasteiger partial charge < -0.3 is 10.6 Å². The van der Waals surface area contributed by atoms with E-state index in [1.807, 2.05) is 6.07 Å². The molecule has 166 valence electrons. The lowest BCUT2D eigenvalue weighted by Gasteiger charge is -2.27. The third-order valence-corrected chi connectivity index (χ3v) is 6.42. The van der Waals surface area contributed by atoms with E-state index in [0.717, 1.165) is 15.9 Å². The molecule has 0 bridgehead atoms. The van der Waals surface area contributed by atoms with Crippen LogP contribution in [0.25, 0.3) is 17.5 Å². The number of fused-ring (bicyclic) bond motifs is 1. The van der Waals surface area contributed by atoms with Gasteiger partial charge in [0.2, 0.25) is 0 Å². The Morgan fingerprint density at radius 3 is 2.39 bits per heavy atom. The van der Waals surface area contributed by atoms with Crippen LogP contribution in [-0.2, 0) is 4.79 Å². The number of nitrogens with two attached hydrogens (primary N) is 1. The molecule has 0 spiro atoms. The minimum absolute atomic E-state index is 0.0473. The van der Waals surface area contributed by atoms with E-state index in [4.69, 9.17) is 5.73 Å². The van der Waals surface area contributed by atoms with Gasteiger partial charge in [-0.05, 0) is 18.2 Å². The van der Waals surface area contributed by atoms with Gasteiger partial charge in [-0.15, -0.1) is 11.3 Å². The number of amides is 1. The lowest BCUT2D eigenvalue weighted by Crippen LogP contribution is -2.42. The van der Waals surface area contributed by atoms with Crippen LogP contribution in [0.4, 0.5) is 8.78 Å². The molecule has 1 aromatic heterocycles. The number of allylic oxidation sites excluding steroid dienone is 1. The third-order valence-electron chi connectivity index (χ3n) is 5.31. The number of rotatable bonds is 3. The molecule has 1 aliphatic heterocycles. The largest absolute Gasteiger partial charge is 0.384 e. The Hall–Kier alpha value is -4.03. The summed E-state index contributed by atoms with van der Waals surface area (Å²) >= 11 is 0.938. The number of carbonyl (C=O) groups excluding carboxylic acids is 1. The number of hydrogen-bond donors (Lipinski definition) is 1. The van der Waals surface area contributed by atoms with Gasteiger partial charge in [0, 0.05) is 25.2 Å². The summed E-state index contributed by atoms with van der Waals surface area (Å²) in [5.74, 6) is -2.93. The highest BCUT2D eigenvalue weighted by atomic mass is 32.1. The van der Waals surface area contributed by atoms with Crippen LogP contribution in [0.3, 0.4) is 0 Å². The molecule has 2 heterocycles. The predicted molar refractivity (Wildman–Crippen MR) is 122 cm³/mol. The maximum atomic E-state index is 14.8. The summed E-state index contributed by atoms with van der Waals surface area (Å²) in [4.78, 5) is 27.8. The fourth-order valence-electron chi connectivity index (χ4n) is 3.75. The Kier molecular flexibility index (Phi) is 5.70. The zero-order chi connectivity index (χ0) is 23.9. The minimum Gasteiger partial charge on any atom is -0.384 e. The topological polar surface area (TPSA) is 92.1 Å². The average molecular weight is 464 g/mol. The highest BCUT2D eigenvalue weighted by molar-refractivity contribution is 7.07. The molecule has 2 aromatic carbocycles. The Bertz CT molecular complexity index is 1540. The second-order valence-electron chi connectivity index (χ2n) is 7.56. The van der Waals surface area contributed by atoms with Gasteiger partial charge >= 0.3 is 0 Å². The van der Waals surface area contributed by atoms with Crippen molar-refractivity contribution in [1.29, 1.82) is 5.26 Å². The van der Waals surface area contributed by atoms with Crippen LogP contribution in [0.1, 0.15) is 17.0 Å². The highest BCUT2D eigenvalue weighted by Gasteiger charge is 2.37. The number of nitriles is 1. The molecule has 9 heteroatoms. The van der Waals surface area contributed by atoms with Crippen LogP contribution in [0.2, 0.25) is 0 Å². The van der Waals surface area contributed by atoms with Crippen molar-refractivity contribution >= 4 is 34.7 Å². The van der Waals surface area contributed by atoms with Gasteiger partial charge in [0.25, 0.3) is 11.5 Å². The molecule has 0 saturated carbocycles. The fourth-order valence-corrected chi connectivity index (χ4v) is 4.91. The number of carbonyl (C=O) groups is 1. The molecular weight excluding hydrogens is 446 g/mol. The Morgan fingerprint density at radius 2 is 1.79 bits per heavy atom. The second-order valence-corrected chi connectivity index (χ2v) is 8.59. The molecule has 0 fully saturated rings. The van der Waals surface area contributed by atoms with Gasteiger partial charge in [0.1, 0.15) is 22.1 Å². The van der Waals surface area contributed by atoms with Crippen LogP contribution in [0, 0.1) is 23.0 Å². The summed E-state index contributed by atoms with van der Waals surface area (Å²) in [5, 5.41) is 9.90. The van der Waals surface area contributed by atoms with E-state index < -0.39 is 29.0 Å². The zero-order valence-electron chi connectivity index (χ0n) is 17.7. The normalized spacial score (nSPS) is 15.9. The highest BCUT2D eigenvalue weighted by Crippen LogP contribution is 2.37. The van der Waals surface area contributed by atoms with Crippen LogP contribution in [0.5, 0.6) is 0 Å². The quantitative estimate of drug-likeness (QED) is 0.639.